The van der Waals surface area contributed by atoms with Gasteiger partial charge in [-0.25, -0.2) is 18.0 Å². The second-order valence-electron chi connectivity index (χ2n) is 11.9. The van der Waals surface area contributed by atoms with E-state index in [0.717, 1.165) is 5.56 Å². The molecule has 1 saturated heterocycles. The van der Waals surface area contributed by atoms with E-state index in [9.17, 15) is 28.2 Å². The quantitative estimate of drug-likeness (QED) is 0.184. The Kier molecular flexibility index (Phi) is 11.1. The Morgan fingerprint density at radius 1 is 1.02 bits per heavy atom. The molecule has 0 aliphatic carbocycles. The predicted molar refractivity (Wildman–Crippen MR) is 175 cm³/mol. The first-order chi connectivity index (χ1) is 22.9. The maximum Gasteiger partial charge on any atom is 0.414 e. The fourth-order valence-corrected chi connectivity index (χ4v) is 7.12. The van der Waals surface area contributed by atoms with Crippen molar-refractivity contribution in [1.82, 2.24) is 9.62 Å². The van der Waals surface area contributed by atoms with E-state index in [4.69, 9.17) is 14.2 Å². The number of hydrogen-bond donors (Lipinski definition) is 4. The highest BCUT2D eigenvalue weighted by atomic mass is 32.2. The van der Waals surface area contributed by atoms with Gasteiger partial charge >= 0.3 is 12.2 Å². The van der Waals surface area contributed by atoms with Gasteiger partial charge in [0.1, 0.15) is 6.23 Å². The number of carbonyl (C=O) groups excluding carboxylic acids is 2. The Balaban J connectivity index is 1.33. The van der Waals surface area contributed by atoms with Crippen LogP contribution in [0.3, 0.4) is 0 Å². The van der Waals surface area contributed by atoms with Crippen LogP contribution in [-0.2, 0) is 25.9 Å². The molecule has 3 aromatic rings. The molecule has 48 heavy (non-hydrogen) atoms. The molecular weight excluding hydrogens is 644 g/mol. The van der Waals surface area contributed by atoms with Crippen LogP contribution in [0.2, 0.25) is 0 Å². The molecule has 4 N–H and O–H groups in total. The molecule has 2 aliphatic heterocycles. The minimum Gasteiger partial charge on any atom is -0.454 e. The van der Waals surface area contributed by atoms with Crippen LogP contribution in [-0.4, -0.2) is 93.1 Å². The van der Waals surface area contributed by atoms with Gasteiger partial charge in [-0.15, -0.1) is 0 Å². The van der Waals surface area contributed by atoms with Gasteiger partial charge in [-0.05, 0) is 48.2 Å². The second-order valence-corrected chi connectivity index (χ2v) is 13.8. The molecule has 5 rings (SSSR count). The van der Waals surface area contributed by atoms with E-state index in [2.05, 4.69) is 15.4 Å². The number of fused-ring (bicyclic) bond motifs is 1. The molecule has 3 aromatic carbocycles. The number of rotatable bonds is 14. The Labute approximate surface area is 279 Å². The third kappa shape index (κ3) is 8.35. The van der Waals surface area contributed by atoms with Gasteiger partial charge in [0.2, 0.25) is 16.8 Å². The average Bonchev–Trinajstić information content (AvgIpc) is 3.70. The minimum atomic E-state index is -4.08. The average molecular weight is 685 g/mol. The molecule has 0 spiro atoms. The molecule has 0 bridgehead atoms. The van der Waals surface area contributed by atoms with Crippen LogP contribution in [0.15, 0.2) is 77.7 Å². The Morgan fingerprint density at radius 2 is 1.77 bits per heavy atom. The molecule has 0 radical (unpaired) electrons. The van der Waals surface area contributed by atoms with Crippen LogP contribution in [0, 0.1) is 5.92 Å². The topological polar surface area (TPSA) is 176 Å². The highest BCUT2D eigenvalue weighted by Gasteiger charge is 2.39. The number of cyclic esters (lactones) is 1. The smallest absolute Gasteiger partial charge is 0.414 e. The first-order valence-electron chi connectivity index (χ1n) is 15.4. The number of benzene rings is 3. The van der Waals surface area contributed by atoms with Gasteiger partial charge in [-0.3, -0.25) is 15.5 Å². The zero-order valence-electron chi connectivity index (χ0n) is 26.8. The number of methoxy groups -OCH3 is 1. The molecule has 1 unspecified atom stereocenters. The largest absolute Gasteiger partial charge is 0.454 e. The molecule has 0 aromatic heterocycles. The zero-order valence-corrected chi connectivity index (χ0v) is 27.6. The van der Waals surface area contributed by atoms with Gasteiger partial charge in [0, 0.05) is 36.6 Å². The minimum absolute atomic E-state index is 0.00369. The van der Waals surface area contributed by atoms with Crippen LogP contribution in [0.5, 0.6) is 11.5 Å². The van der Waals surface area contributed by atoms with E-state index in [-0.39, 0.29) is 43.7 Å². The van der Waals surface area contributed by atoms with Gasteiger partial charge in [-0.2, -0.15) is 4.31 Å². The number of hydrogen-bond acceptors (Lipinski definition) is 11. The van der Waals surface area contributed by atoms with Crippen molar-refractivity contribution in [2.24, 2.45) is 5.92 Å². The third-order valence-electron chi connectivity index (χ3n) is 7.87. The van der Waals surface area contributed by atoms with Crippen molar-refractivity contribution in [2.75, 3.05) is 43.8 Å². The van der Waals surface area contributed by atoms with E-state index in [1.807, 2.05) is 44.2 Å². The Morgan fingerprint density at radius 3 is 2.50 bits per heavy atom. The summed E-state index contributed by atoms with van der Waals surface area (Å²) in [5.41, 5.74) is 1.64. The number of carbonyl (C=O) groups is 2. The monoisotopic (exact) mass is 684 g/mol. The number of aliphatic hydroxyl groups is 2. The summed E-state index contributed by atoms with van der Waals surface area (Å²) in [6.07, 6.45) is -4.92. The van der Waals surface area contributed by atoms with Gasteiger partial charge < -0.3 is 29.2 Å². The van der Waals surface area contributed by atoms with E-state index >= 15 is 0 Å². The highest BCUT2D eigenvalue weighted by molar-refractivity contribution is 7.89. The third-order valence-corrected chi connectivity index (χ3v) is 9.69. The van der Waals surface area contributed by atoms with Crippen molar-refractivity contribution in [3.8, 4) is 11.5 Å². The van der Waals surface area contributed by atoms with E-state index in [1.54, 1.807) is 24.3 Å². The van der Waals surface area contributed by atoms with Crippen molar-refractivity contribution < 1.29 is 47.2 Å². The summed E-state index contributed by atoms with van der Waals surface area (Å²) in [6.45, 7) is 3.53. The lowest BCUT2D eigenvalue weighted by Crippen LogP contribution is -2.55. The summed E-state index contributed by atoms with van der Waals surface area (Å²) < 4.78 is 49.8. The van der Waals surface area contributed by atoms with Crippen LogP contribution in [0.25, 0.3) is 0 Å². The molecule has 4 atom stereocenters. The van der Waals surface area contributed by atoms with Gasteiger partial charge in [0.15, 0.2) is 17.6 Å². The summed E-state index contributed by atoms with van der Waals surface area (Å²) >= 11 is 0. The fraction of sp³-hybridized carbons (Fsp3) is 0.394. The first kappa shape index (κ1) is 34.9. The molecule has 2 aliphatic rings. The summed E-state index contributed by atoms with van der Waals surface area (Å²) in [5.74, 6) is 0.694. The Hall–Kier alpha value is -4.41. The van der Waals surface area contributed by atoms with Gasteiger partial charge in [0.25, 0.3) is 0 Å². The summed E-state index contributed by atoms with van der Waals surface area (Å²) in [7, 11) is -2.85. The van der Waals surface area contributed by atoms with Crippen molar-refractivity contribution in [1.29, 1.82) is 0 Å². The number of ether oxygens (including phenoxy) is 4. The lowest BCUT2D eigenvalue weighted by molar-refractivity contribution is -0.0119. The lowest BCUT2D eigenvalue weighted by atomic mass is 10.00. The van der Waals surface area contributed by atoms with Crippen molar-refractivity contribution in [2.45, 2.75) is 49.6 Å². The van der Waals surface area contributed by atoms with Gasteiger partial charge in [0.05, 0.1) is 24.7 Å². The number of anilines is 2. The van der Waals surface area contributed by atoms with Crippen LogP contribution >= 0.6 is 0 Å². The molecule has 2 amide bonds. The number of aliphatic hydroxyl groups excluding tert-OH is 2. The molecule has 1 fully saturated rings. The molecule has 15 heteroatoms. The molecule has 2 heterocycles. The molecule has 14 nitrogen and oxygen atoms in total. The Bertz CT molecular complexity index is 1690. The van der Waals surface area contributed by atoms with Crippen molar-refractivity contribution in [3.05, 3.63) is 78.4 Å². The standard InChI is InChI=1S/C33H40N4O10S/c1-21(2)17-36(48(42,43)25-12-13-28-29(16-25)46-20-45-28)18-27(38)26(14-22-8-5-4-6-9-22)35-31(39)30-19-37(33(41)47-30)24-11-7-10-23(15-24)34-32(40)44-3/h4-13,15-16,21,26-27,30-31,35,38-39H,14,17-20H2,1-3H3,(H,34,40)/t26-,27+,30-,31?/m0/s1. The zero-order chi connectivity index (χ0) is 34.4. The van der Waals surface area contributed by atoms with Crippen molar-refractivity contribution >= 4 is 33.6 Å². The van der Waals surface area contributed by atoms with Gasteiger partial charge in [-0.1, -0.05) is 50.2 Å². The fourth-order valence-electron chi connectivity index (χ4n) is 5.48. The second kappa shape index (κ2) is 15.2. The molecule has 0 saturated carbocycles. The molecular formula is C33H40N4O10S. The number of amides is 2. The normalized spacial score (nSPS) is 17.7. The lowest BCUT2D eigenvalue weighted by Gasteiger charge is -2.32. The van der Waals surface area contributed by atoms with Crippen molar-refractivity contribution in [3.63, 3.8) is 0 Å². The number of sulfonamides is 1. The van der Waals surface area contributed by atoms with Crippen LogP contribution < -0.4 is 25.0 Å². The number of nitrogens with zero attached hydrogens (tertiary/aromatic N) is 2. The summed E-state index contributed by atoms with van der Waals surface area (Å²) in [4.78, 5) is 25.8. The number of nitrogens with one attached hydrogen (secondary N) is 2. The predicted octanol–water partition coefficient (Wildman–Crippen LogP) is 3.15. The maximum atomic E-state index is 13.9. The van der Waals surface area contributed by atoms with E-state index in [1.165, 1.54) is 34.5 Å². The summed E-state index contributed by atoms with van der Waals surface area (Å²) in [6, 6.07) is 19.2. The molecule has 258 valence electrons. The summed E-state index contributed by atoms with van der Waals surface area (Å²) in [5, 5.41) is 28.4. The van der Waals surface area contributed by atoms with Crippen LogP contribution in [0.4, 0.5) is 21.0 Å². The maximum absolute atomic E-state index is 13.9. The van der Waals surface area contributed by atoms with Crippen LogP contribution in [0.1, 0.15) is 19.4 Å². The van der Waals surface area contributed by atoms with E-state index in [0.29, 0.717) is 22.9 Å². The van der Waals surface area contributed by atoms with E-state index < -0.39 is 46.7 Å². The SMILES string of the molecule is COC(=O)Nc1cccc(N2C[C@@H](C(O)N[C@@H](Cc3ccccc3)[C@H](O)CN(CC(C)C)S(=O)(=O)c3ccc4c(c3)OCO4)OC2=O)c1. The first-order valence-corrected chi connectivity index (χ1v) is 16.9. The highest BCUT2D eigenvalue weighted by Crippen LogP contribution is 2.35.